The van der Waals surface area contributed by atoms with Crippen LogP contribution in [0, 0.1) is 5.41 Å². The minimum absolute atomic E-state index is 0.106. The summed E-state index contributed by atoms with van der Waals surface area (Å²) in [6.45, 7) is 0.595. The van der Waals surface area contributed by atoms with Crippen molar-refractivity contribution in [2.45, 2.75) is 19.4 Å². The van der Waals surface area contributed by atoms with E-state index in [1.165, 1.54) is 0 Å². The van der Waals surface area contributed by atoms with Gasteiger partial charge in [0.1, 0.15) is 5.82 Å². The third-order valence-electron chi connectivity index (χ3n) is 4.20. The zero-order valence-electron chi connectivity index (χ0n) is 14.9. The minimum Gasteiger partial charge on any atom is -0.481 e. The molecule has 27 heavy (non-hydrogen) atoms. The van der Waals surface area contributed by atoms with Gasteiger partial charge in [-0.3, -0.25) is 10.2 Å². The van der Waals surface area contributed by atoms with Crippen molar-refractivity contribution in [3.05, 3.63) is 95.2 Å². The summed E-state index contributed by atoms with van der Waals surface area (Å²) in [5.74, 6) is -0.0734. The van der Waals surface area contributed by atoms with Crippen LogP contribution < -0.4 is 5.32 Å². The lowest BCUT2D eigenvalue weighted by Gasteiger charge is -2.09. The number of aromatic nitrogens is 1. The summed E-state index contributed by atoms with van der Waals surface area (Å²) in [5.41, 5.74) is 4.23. The molecule has 0 unspecified atom stereocenters. The second-order valence-corrected chi connectivity index (χ2v) is 6.24. The molecule has 2 aromatic carbocycles. The van der Waals surface area contributed by atoms with Crippen molar-refractivity contribution in [1.82, 2.24) is 4.98 Å². The van der Waals surface area contributed by atoms with E-state index in [-0.39, 0.29) is 6.42 Å². The number of carboxylic acid groups (broad SMARTS) is 1. The molecule has 1 heterocycles. The van der Waals surface area contributed by atoms with Gasteiger partial charge in [-0.2, -0.15) is 0 Å². The summed E-state index contributed by atoms with van der Waals surface area (Å²) in [4.78, 5) is 14.9. The highest BCUT2D eigenvalue weighted by atomic mass is 16.4. The number of carboxylic acids is 1. The number of aliphatic carboxylic acids is 1. The zero-order chi connectivity index (χ0) is 19.1. The van der Waals surface area contributed by atoms with Gasteiger partial charge in [0.2, 0.25) is 0 Å². The van der Waals surface area contributed by atoms with Crippen LogP contribution in [-0.4, -0.2) is 21.8 Å². The number of nitrogens with one attached hydrogen (secondary N) is 2. The fourth-order valence-corrected chi connectivity index (χ4v) is 2.73. The maximum atomic E-state index is 10.6. The highest BCUT2D eigenvalue weighted by molar-refractivity contribution is 6.10. The number of benzene rings is 2. The van der Waals surface area contributed by atoms with Crippen LogP contribution >= 0.6 is 0 Å². The Morgan fingerprint density at radius 3 is 2.44 bits per heavy atom. The first-order valence-electron chi connectivity index (χ1n) is 8.76. The fourth-order valence-electron chi connectivity index (χ4n) is 2.73. The Bertz CT molecular complexity index is 922. The van der Waals surface area contributed by atoms with E-state index in [0.717, 1.165) is 28.1 Å². The fraction of sp³-hybridized carbons (Fsp3) is 0.136. The van der Waals surface area contributed by atoms with Gasteiger partial charge in [-0.05, 0) is 35.2 Å². The molecule has 0 amide bonds. The van der Waals surface area contributed by atoms with Gasteiger partial charge in [-0.15, -0.1) is 0 Å². The maximum absolute atomic E-state index is 10.6. The number of rotatable bonds is 8. The van der Waals surface area contributed by atoms with Crippen molar-refractivity contribution >= 4 is 17.5 Å². The first-order chi connectivity index (χ1) is 13.1. The average Bonchev–Trinajstić information content (AvgIpc) is 2.72. The first-order valence-corrected chi connectivity index (χ1v) is 8.76. The van der Waals surface area contributed by atoms with Crippen LogP contribution in [0.5, 0.6) is 0 Å². The lowest BCUT2D eigenvalue weighted by atomic mass is 10.0. The van der Waals surface area contributed by atoms with Crippen LogP contribution in [-0.2, 0) is 17.8 Å². The Morgan fingerprint density at radius 2 is 1.74 bits per heavy atom. The SMILES string of the molecule is N=C(c1ccccc1)c1cccc(CNc2ccc(CCC(=O)O)cn2)c1. The van der Waals surface area contributed by atoms with Crippen molar-refractivity contribution < 1.29 is 9.90 Å². The number of carbonyl (C=O) groups is 1. The molecule has 0 radical (unpaired) electrons. The highest BCUT2D eigenvalue weighted by Gasteiger charge is 2.05. The molecule has 0 aliphatic rings. The van der Waals surface area contributed by atoms with Crippen molar-refractivity contribution in [1.29, 1.82) is 5.41 Å². The predicted molar refractivity (Wildman–Crippen MR) is 106 cm³/mol. The van der Waals surface area contributed by atoms with Crippen molar-refractivity contribution in [3.8, 4) is 0 Å². The van der Waals surface area contributed by atoms with Crippen LogP contribution in [0.3, 0.4) is 0 Å². The van der Waals surface area contributed by atoms with Crippen LogP contribution in [0.4, 0.5) is 5.82 Å². The molecule has 0 bridgehead atoms. The molecule has 0 aliphatic heterocycles. The summed E-state index contributed by atoms with van der Waals surface area (Å²) >= 11 is 0. The van der Waals surface area contributed by atoms with Gasteiger partial charge in [0.25, 0.3) is 0 Å². The van der Waals surface area contributed by atoms with Gasteiger partial charge in [0, 0.05) is 24.7 Å². The number of aryl methyl sites for hydroxylation is 1. The molecule has 3 aromatic rings. The molecule has 1 aromatic heterocycles. The predicted octanol–water partition coefficient (Wildman–Crippen LogP) is 4.13. The molecule has 5 nitrogen and oxygen atoms in total. The van der Waals surface area contributed by atoms with E-state index < -0.39 is 5.97 Å². The van der Waals surface area contributed by atoms with E-state index in [2.05, 4.69) is 10.3 Å². The van der Waals surface area contributed by atoms with E-state index in [9.17, 15) is 4.79 Å². The molecule has 0 spiro atoms. The van der Waals surface area contributed by atoms with Crippen LogP contribution in [0.1, 0.15) is 28.7 Å². The Kier molecular flexibility index (Phi) is 5.94. The summed E-state index contributed by atoms with van der Waals surface area (Å²) in [5, 5.41) is 20.4. The minimum atomic E-state index is -0.807. The van der Waals surface area contributed by atoms with E-state index in [4.69, 9.17) is 10.5 Å². The number of hydrogen-bond acceptors (Lipinski definition) is 4. The zero-order valence-corrected chi connectivity index (χ0v) is 14.9. The van der Waals surface area contributed by atoms with E-state index >= 15 is 0 Å². The van der Waals surface area contributed by atoms with Crippen LogP contribution in [0.2, 0.25) is 0 Å². The lowest BCUT2D eigenvalue weighted by molar-refractivity contribution is -0.136. The highest BCUT2D eigenvalue weighted by Crippen LogP contribution is 2.14. The monoisotopic (exact) mass is 359 g/mol. The van der Waals surface area contributed by atoms with Crippen LogP contribution in [0.15, 0.2) is 72.9 Å². The molecule has 0 aliphatic carbocycles. The number of hydrogen-bond donors (Lipinski definition) is 3. The molecule has 0 atom stereocenters. The van der Waals surface area contributed by atoms with E-state index in [0.29, 0.717) is 18.7 Å². The molecular weight excluding hydrogens is 338 g/mol. The Hall–Kier alpha value is -3.47. The standard InChI is InChI=1S/C22H21N3O2/c23-22(18-6-2-1-3-7-18)19-8-4-5-17(13-19)15-25-20-11-9-16(14-24-20)10-12-21(26)27/h1-9,11,13-14,23H,10,12,15H2,(H,24,25)(H,26,27). The normalized spacial score (nSPS) is 10.4. The average molecular weight is 359 g/mol. The molecule has 0 saturated heterocycles. The second kappa shape index (κ2) is 8.76. The lowest BCUT2D eigenvalue weighted by Crippen LogP contribution is -2.05. The van der Waals surface area contributed by atoms with Gasteiger partial charge >= 0.3 is 5.97 Å². The Labute approximate surface area is 158 Å². The number of anilines is 1. The van der Waals surface area contributed by atoms with Crippen molar-refractivity contribution in [3.63, 3.8) is 0 Å². The number of nitrogens with zero attached hydrogens (tertiary/aromatic N) is 1. The molecule has 0 fully saturated rings. The van der Waals surface area contributed by atoms with Crippen molar-refractivity contribution in [2.24, 2.45) is 0 Å². The smallest absolute Gasteiger partial charge is 0.303 e. The van der Waals surface area contributed by atoms with E-state index in [1.54, 1.807) is 6.20 Å². The maximum Gasteiger partial charge on any atom is 0.303 e. The van der Waals surface area contributed by atoms with Gasteiger partial charge in [0.05, 0.1) is 5.71 Å². The third-order valence-corrected chi connectivity index (χ3v) is 4.20. The van der Waals surface area contributed by atoms with Gasteiger partial charge in [0.15, 0.2) is 0 Å². The van der Waals surface area contributed by atoms with Crippen LogP contribution in [0.25, 0.3) is 0 Å². The quantitative estimate of drug-likeness (QED) is 0.528. The molecule has 3 N–H and O–H groups in total. The Morgan fingerprint density at radius 1 is 0.963 bits per heavy atom. The summed E-state index contributed by atoms with van der Waals surface area (Å²) in [6, 6.07) is 21.3. The first kappa shape index (κ1) is 18.3. The summed E-state index contributed by atoms with van der Waals surface area (Å²) in [7, 11) is 0. The molecular formula is C22H21N3O2. The summed E-state index contributed by atoms with van der Waals surface area (Å²) < 4.78 is 0. The third kappa shape index (κ3) is 5.25. The Balaban J connectivity index is 1.61. The number of pyridine rings is 1. The van der Waals surface area contributed by atoms with Gasteiger partial charge in [-0.25, -0.2) is 4.98 Å². The van der Waals surface area contributed by atoms with Crippen molar-refractivity contribution in [2.75, 3.05) is 5.32 Å². The second-order valence-electron chi connectivity index (χ2n) is 6.24. The largest absolute Gasteiger partial charge is 0.481 e. The van der Waals surface area contributed by atoms with E-state index in [1.807, 2.05) is 66.7 Å². The molecule has 0 saturated carbocycles. The van der Waals surface area contributed by atoms with Gasteiger partial charge < -0.3 is 10.4 Å². The topological polar surface area (TPSA) is 86.1 Å². The van der Waals surface area contributed by atoms with Gasteiger partial charge in [-0.1, -0.05) is 54.6 Å². The molecule has 5 heteroatoms. The molecule has 3 rings (SSSR count). The summed E-state index contributed by atoms with van der Waals surface area (Å²) in [6.07, 6.45) is 2.29. The molecule has 136 valence electrons.